The van der Waals surface area contributed by atoms with Gasteiger partial charge in [-0.3, -0.25) is 14.6 Å². The Labute approximate surface area is 127 Å². The van der Waals surface area contributed by atoms with Crippen LogP contribution in [-0.2, 0) is 11.3 Å². The average molecular weight is 300 g/mol. The number of pyridine rings is 1. The third-order valence-corrected chi connectivity index (χ3v) is 2.73. The molecule has 0 bridgehead atoms. The Balaban J connectivity index is 1.77. The van der Waals surface area contributed by atoms with E-state index in [4.69, 9.17) is 4.42 Å². The summed E-state index contributed by atoms with van der Waals surface area (Å²) in [6.07, 6.45) is 4.65. The fourth-order valence-corrected chi connectivity index (χ4v) is 1.64. The zero-order valence-electron chi connectivity index (χ0n) is 12.1. The van der Waals surface area contributed by atoms with Gasteiger partial charge in [0.05, 0.1) is 24.8 Å². The Hall–Kier alpha value is -2.96. The number of hydrogen-bond acceptors (Lipinski definition) is 5. The minimum absolute atomic E-state index is 0.0913. The molecule has 0 radical (unpaired) electrons. The molecule has 0 saturated heterocycles. The summed E-state index contributed by atoms with van der Waals surface area (Å²) in [5.41, 5.74) is 3.28. The molecule has 2 aromatic rings. The van der Waals surface area contributed by atoms with E-state index in [2.05, 4.69) is 20.8 Å². The molecule has 0 spiro atoms. The highest BCUT2D eigenvalue weighted by Gasteiger charge is 2.07. The fraction of sp³-hybridized carbons (Fsp3) is 0.200. The summed E-state index contributed by atoms with van der Waals surface area (Å²) in [7, 11) is 0. The summed E-state index contributed by atoms with van der Waals surface area (Å²) in [4.78, 5) is 27.3. The SMILES string of the molecule is C/C(CC(=O)NCc1ccco1)=N/NC(=O)c1cccnc1. The normalized spacial score (nSPS) is 11.0. The van der Waals surface area contributed by atoms with Crippen LogP contribution in [0.4, 0.5) is 0 Å². The molecule has 0 aliphatic heterocycles. The molecule has 0 aliphatic carbocycles. The topological polar surface area (TPSA) is 96.6 Å². The molecule has 0 aliphatic rings. The number of amides is 2. The summed E-state index contributed by atoms with van der Waals surface area (Å²) < 4.78 is 5.11. The van der Waals surface area contributed by atoms with E-state index in [0.29, 0.717) is 23.6 Å². The second-order valence-electron chi connectivity index (χ2n) is 4.56. The smallest absolute Gasteiger partial charge is 0.272 e. The molecule has 0 unspecified atom stereocenters. The lowest BCUT2D eigenvalue weighted by Gasteiger charge is -2.04. The lowest BCUT2D eigenvalue weighted by Crippen LogP contribution is -2.26. The van der Waals surface area contributed by atoms with Gasteiger partial charge in [-0.05, 0) is 31.2 Å². The molecule has 22 heavy (non-hydrogen) atoms. The van der Waals surface area contributed by atoms with Crippen LogP contribution in [0.15, 0.2) is 52.4 Å². The van der Waals surface area contributed by atoms with Crippen molar-refractivity contribution >= 4 is 17.5 Å². The maximum absolute atomic E-state index is 11.7. The molecule has 0 saturated carbocycles. The van der Waals surface area contributed by atoms with E-state index in [0.717, 1.165) is 0 Å². The van der Waals surface area contributed by atoms with Gasteiger partial charge in [-0.2, -0.15) is 5.10 Å². The standard InChI is InChI=1S/C15H16N4O3/c1-11(8-14(20)17-10-13-5-3-7-22-13)18-19-15(21)12-4-2-6-16-9-12/h2-7,9H,8,10H2,1H3,(H,17,20)(H,19,21)/b18-11-. The van der Waals surface area contributed by atoms with Crippen molar-refractivity contribution in [2.45, 2.75) is 19.9 Å². The number of nitrogens with zero attached hydrogens (tertiary/aromatic N) is 2. The first-order chi connectivity index (χ1) is 10.6. The van der Waals surface area contributed by atoms with Crippen molar-refractivity contribution in [2.75, 3.05) is 0 Å². The lowest BCUT2D eigenvalue weighted by atomic mass is 10.3. The number of rotatable bonds is 6. The monoisotopic (exact) mass is 300 g/mol. The second-order valence-corrected chi connectivity index (χ2v) is 4.56. The molecule has 2 N–H and O–H groups in total. The Bertz CT molecular complexity index is 651. The van der Waals surface area contributed by atoms with Crippen LogP contribution in [0.5, 0.6) is 0 Å². The summed E-state index contributed by atoms with van der Waals surface area (Å²) >= 11 is 0. The van der Waals surface area contributed by atoms with E-state index in [-0.39, 0.29) is 18.2 Å². The Morgan fingerprint density at radius 1 is 1.32 bits per heavy atom. The molecule has 2 heterocycles. The van der Waals surface area contributed by atoms with Crippen molar-refractivity contribution in [1.29, 1.82) is 0 Å². The number of aromatic nitrogens is 1. The predicted octanol–water partition coefficient (Wildman–Crippen LogP) is 1.49. The van der Waals surface area contributed by atoms with Gasteiger partial charge in [0.25, 0.3) is 5.91 Å². The van der Waals surface area contributed by atoms with Crippen molar-refractivity contribution in [3.63, 3.8) is 0 Å². The van der Waals surface area contributed by atoms with Gasteiger partial charge in [0.1, 0.15) is 5.76 Å². The number of carbonyl (C=O) groups is 2. The number of hydrazone groups is 1. The first-order valence-corrected chi connectivity index (χ1v) is 6.68. The van der Waals surface area contributed by atoms with E-state index < -0.39 is 0 Å². The van der Waals surface area contributed by atoms with Crippen molar-refractivity contribution in [3.05, 3.63) is 54.2 Å². The van der Waals surface area contributed by atoms with Crippen LogP contribution in [-0.4, -0.2) is 22.5 Å². The van der Waals surface area contributed by atoms with Crippen molar-refractivity contribution in [2.24, 2.45) is 5.10 Å². The molecule has 114 valence electrons. The van der Waals surface area contributed by atoms with Gasteiger partial charge in [0.2, 0.25) is 5.91 Å². The molecule has 2 aromatic heterocycles. The van der Waals surface area contributed by atoms with E-state index in [1.54, 1.807) is 43.6 Å². The number of carbonyl (C=O) groups excluding carboxylic acids is 2. The van der Waals surface area contributed by atoms with Gasteiger partial charge < -0.3 is 9.73 Å². The summed E-state index contributed by atoms with van der Waals surface area (Å²) in [6, 6.07) is 6.81. The molecule has 2 amide bonds. The van der Waals surface area contributed by atoms with Gasteiger partial charge >= 0.3 is 0 Å². The zero-order chi connectivity index (χ0) is 15.8. The molecular weight excluding hydrogens is 284 g/mol. The first-order valence-electron chi connectivity index (χ1n) is 6.68. The summed E-state index contributed by atoms with van der Waals surface area (Å²) in [5, 5.41) is 6.59. The van der Waals surface area contributed by atoms with Gasteiger partial charge in [-0.25, -0.2) is 5.43 Å². The zero-order valence-corrected chi connectivity index (χ0v) is 12.1. The Morgan fingerprint density at radius 3 is 2.86 bits per heavy atom. The number of nitrogens with one attached hydrogen (secondary N) is 2. The number of hydrogen-bond donors (Lipinski definition) is 2. The summed E-state index contributed by atoms with van der Waals surface area (Å²) in [5.74, 6) is 0.101. The number of furan rings is 1. The van der Waals surface area contributed by atoms with Gasteiger partial charge in [-0.15, -0.1) is 0 Å². The van der Waals surface area contributed by atoms with E-state index in [9.17, 15) is 9.59 Å². The van der Waals surface area contributed by atoms with Gasteiger partial charge in [0, 0.05) is 18.1 Å². The van der Waals surface area contributed by atoms with Crippen LogP contribution in [0.25, 0.3) is 0 Å². The summed E-state index contributed by atoms with van der Waals surface area (Å²) in [6.45, 7) is 1.98. The van der Waals surface area contributed by atoms with Crippen LogP contribution in [0.2, 0.25) is 0 Å². The van der Waals surface area contributed by atoms with Crippen LogP contribution in [0.1, 0.15) is 29.5 Å². The third kappa shape index (κ3) is 4.86. The maximum atomic E-state index is 11.7. The van der Waals surface area contributed by atoms with Crippen LogP contribution < -0.4 is 10.7 Å². The molecule has 7 nitrogen and oxygen atoms in total. The predicted molar refractivity (Wildman–Crippen MR) is 80.0 cm³/mol. The Kier molecular flexibility index (Phi) is 5.42. The minimum Gasteiger partial charge on any atom is -0.467 e. The third-order valence-electron chi connectivity index (χ3n) is 2.73. The lowest BCUT2D eigenvalue weighted by molar-refractivity contribution is -0.120. The minimum atomic E-state index is -0.372. The second kappa shape index (κ2) is 7.72. The highest BCUT2D eigenvalue weighted by Crippen LogP contribution is 1.99. The highest BCUT2D eigenvalue weighted by atomic mass is 16.3. The van der Waals surface area contributed by atoms with Crippen LogP contribution in [0, 0.1) is 0 Å². The van der Waals surface area contributed by atoms with Crippen molar-refractivity contribution in [3.8, 4) is 0 Å². The van der Waals surface area contributed by atoms with Crippen molar-refractivity contribution < 1.29 is 14.0 Å². The van der Waals surface area contributed by atoms with E-state index >= 15 is 0 Å². The van der Waals surface area contributed by atoms with Crippen LogP contribution in [0.3, 0.4) is 0 Å². The van der Waals surface area contributed by atoms with E-state index in [1.165, 1.54) is 6.20 Å². The first kappa shape index (κ1) is 15.4. The van der Waals surface area contributed by atoms with Crippen LogP contribution >= 0.6 is 0 Å². The van der Waals surface area contributed by atoms with Gasteiger partial charge in [-0.1, -0.05) is 0 Å². The molecule has 7 heteroatoms. The molecule has 0 aromatic carbocycles. The maximum Gasteiger partial charge on any atom is 0.272 e. The van der Waals surface area contributed by atoms with Gasteiger partial charge in [0.15, 0.2) is 0 Å². The van der Waals surface area contributed by atoms with E-state index in [1.807, 2.05) is 0 Å². The van der Waals surface area contributed by atoms with Crippen molar-refractivity contribution in [1.82, 2.24) is 15.7 Å². The molecular formula is C15H16N4O3. The molecule has 0 atom stereocenters. The largest absolute Gasteiger partial charge is 0.467 e. The molecule has 0 fully saturated rings. The average Bonchev–Trinajstić information content (AvgIpc) is 3.05. The Morgan fingerprint density at radius 2 is 2.18 bits per heavy atom. The molecule has 2 rings (SSSR count). The quantitative estimate of drug-likeness (QED) is 0.624. The fourth-order valence-electron chi connectivity index (χ4n) is 1.64. The highest BCUT2D eigenvalue weighted by molar-refractivity contribution is 6.01.